The minimum Gasteiger partial charge on any atom is -0.378 e. The Bertz CT molecular complexity index is 961. The molecule has 1 N–H and O–H groups in total. The minimum absolute atomic E-state index is 0.0423. The van der Waals surface area contributed by atoms with Gasteiger partial charge in [-0.25, -0.2) is 0 Å². The fourth-order valence-electron chi connectivity index (χ4n) is 3.53. The molecular formula is C22H21N3O5. The Labute approximate surface area is 173 Å². The van der Waals surface area contributed by atoms with Crippen LogP contribution >= 0.6 is 0 Å². The van der Waals surface area contributed by atoms with Crippen molar-refractivity contribution in [3.63, 3.8) is 0 Å². The lowest BCUT2D eigenvalue weighted by Crippen LogP contribution is -2.41. The van der Waals surface area contributed by atoms with Gasteiger partial charge in [-0.05, 0) is 29.8 Å². The average Bonchev–Trinajstić information content (AvgIpc) is 3.01. The molecule has 8 nitrogen and oxygen atoms in total. The van der Waals surface area contributed by atoms with Gasteiger partial charge in [-0.15, -0.1) is 0 Å². The van der Waals surface area contributed by atoms with E-state index in [4.69, 9.17) is 4.74 Å². The number of benzene rings is 2. The number of rotatable bonds is 5. The quantitative estimate of drug-likeness (QED) is 0.755. The van der Waals surface area contributed by atoms with E-state index < -0.39 is 17.7 Å². The van der Waals surface area contributed by atoms with Crippen LogP contribution in [0.3, 0.4) is 0 Å². The Morgan fingerprint density at radius 3 is 2.10 bits per heavy atom. The molecule has 0 aliphatic carbocycles. The summed E-state index contributed by atoms with van der Waals surface area (Å²) < 4.78 is 5.25. The summed E-state index contributed by atoms with van der Waals surface area (Å²) >= 11 is 0. The number of ether oxygens (including phenoxy) is 1. The molecule has 1 saturated heterocycles. The first-order valence-corrected chi connectivity index (χ1v) is 9.72. The third-order valence-electron chi connectivity index (χ3n) is 5.14. The Morgan fingerprint density at radius 2 is 1.50 bits per heavy atom. The van der Waals surface area contributed by atoms with E-state index in [2.05, 4.69) is 5.32 Å². The standard InChI is InChI=1S/C22H21N3O5/c26-19(14-25-21(28)17-3-1-2-4-18(17)22(25)29)23-16-7-5-15(6-8-16)13-20(27)24-9-11-30-12-10-24/h1-8H,9-14H2,(H,23,26). The third-order valence-corrected chi connectivity index (χ3v) is 5.14. The van der Waals surface area contributed by atoms with Gasteiger partial charge in [-0.3, -0.25) is 24.1 Å². The zero-order chi connectivity index (χ0) is 21.1. The number of carbonyl (C=O) groups is 4. The minimum atomic E-state index is -0.471. The maximum Gasteiger partial charge on any atom is 0.262 e. The molecule has 2 aliphatic heterocycles. The van der Waals surface area contributed by atoms with Crippen LogP contribution in [0.4, 0.5) is 5.69 Å². The van der Waals surface area contributed by atoms with Crippen molar-refractivity contribution in [1.29, 1.82) is 0 Å². The SMILES string of the molecule is O=C(CN1C(=O)c2ccccc2C1=O)Nc1ccc(CC(=O)N2CCOCC2)cc1. The van der Waals surface area contributed by atoms with Crippen LogP contribution in [0.2, 0.25) is 0 Å². The normalized spacial score (nSPS) is 15.9. The number of hydrogen-bond acceptors (Lipinski definition) is 5. The van der Waals surface area contributed by atoms with Crippen molar-refractivity contribution in [3.8, 4) is 0 Å². The molecule has 2 aromatic carbocycles. The lowest BCUT2D eigenvalue weighted by atomic mass is 10.1. The molecule has 0 radical (unpaired) electrons. The van der Waals surface area contributed by atoms with Crippen molar-refractivity contribution in [3.05, 3.63) is 65.2 Å². The molecule has 0 spiro atoms. The van der Waals surface area contributed by atoms with E-state index in [9.17, 15) is 19.2 Å². The average molecular weight is 407 g/mol. The van der Waals surface area contributed by atoms with Crippen molar-refractivity contribution < 1.29 is 23.9 Å². The Balaban J connectivity index is 1.32. The maximum atomic E-state index is 12.4. The molecule has 0 saturated carbocycles. The molecule has 1 fully saturated rings. The number of anilines is 1. The summed E-state index contributed by atoms with van der Waals surface area (Å²) in [5.41, 5.74) is 1.98. The molecule has 2 heterocycles. The van der Waals surface area contributed by atoms with Gasteiger partial charge in [0.25, 0.3) is 11.8 Å². The number of fused-ring (bicyclic) bond motifs is 1. The van der Waals surface area contributed by atoms with Crippen molar-refractivity contribution in [2.24, 2.45) is 0 Å². The summed E-state index contributed by atoms with van der Waals surface area (Å²) in [5, 5.41) is 2.68. The van der Waals surface area contributed by atoms with Gasteiger partial charge in [0.05, 0.1) is 30.8 Å². The van der Waals surface area contributed by atoms with Crippen LogP contribution in [-0.2, 0) is 20.7 Å². The number of nitrogens with zero attached hydrogens (tertiary/aromatic N) is 2. The van der Waals surface area contributed by atoms with Crippen LogP contribution in [0.25, 0.3) is 0 Å². The molecule has 0 aromatic heterocycles. The van der Waals surface area contributed by atoms with Gasteiger partial charge < -0.3 is 15.0 Å². The van der Waals surface area contributed by atoms with Crippen LogP contribution in [0.15, 0.2) is 48.5 Å². The second-order valence-electron chi connectivity index (χ2n) is 7.16. The predicted octanol–water partition coefficient (Wildman–Crippen LogP) is 1.32. The summed E-state index contributed by atoms with van der Waals surface area (Å²) in [7, 11) is 0. The summed E-state index contributed by atoms with van der Waals surface area (Å²) in [4.78, 5) is 52.1. The fraction of sp³-hybridized carbons (Fsp3) is 0.273. The number of carbonyl (C=O) groups excluding carboxylic acids is 4. The molecule has 2 aromatic rings. The van der Waals surface area contributed by atoms with Gasteiger partial charge in [-0.2, -0.15) is 0 Å². The van der Waals surface area contributed by atoms with Crippen LogP contribution in [0, 0.1) is 0 Å². The molecule has 2 aliphatic rings. The van der Waals surface area contributed by atoms with Crippen molar-refractivity contribution in [1.82, 2.24) is 9.80 Å². The first kappa shape index (κ1) is 19.8. The number of amides is 4. The molecule has 4 rings (SSSR count). The lowest BCUT2D eigenvalue weighted by Gasteiger charge is -2.26. The third kappa shape index (κ3) is 4.08. The highest BCUT2D eigenvalue weighted by molar-refractivity contribution is 6.22. The van der Waals surface area contributed by atoms with E-state index >= 15 is 0 Å². The van der Waals surface area contributed by atoms with E-state index in [1.54, 1.807) is 53.4 Å². The molecule has 0 bridgehead atoms. The van der Waals surface area contributed by atoms with Crippen molar-refractivity contribution in [2.45, 2.75) is 6.42 Å². The second kappa shape index (κ2) is 8.46. The molecular weight excluding hydrogens is 386 g/mol. The topological polar surface area (TPSA) is 96.0 Å². The largest absolute Gasteiger partial charge is 0.378 e. The molecule has 8 heteroatoms. The first-order valence-electron chi connectivity index (χ1n) is 9.72. The van der Waals surface area contributed by atoms with Gasteiger partial charge in [-0.1, -0.05) is 24.3 Å². The van der Waals surface area contributed by atoms with Crippen LogP contribution in [0.5, 0.6) is 0 Å². The van der Waals surface area contributed by atoms with Gasteiger partial charge in [0.1, 0.15) is 6.54 Å². The number of imide groups is 1. The van der Waals surface area contributed by atoms with Crippen LogP contribution < -0.4 is 5.32 Å². The van der Waals surface area contributed by atoms with E-state index in [0.29, 0.717) is 43.1 Å². The fourth-order valence-corrected chi connectivity index (χ4v) is 3.53. The Hall–Kier alpha value is -3.52. The molecule has 154 valence electrons. The van der Waals surface area contributed by atoms with E-state index in [1.807, 2.05) is 0 Å². The van der Waals surface area contributed by atoms with Gasteiger partial charge in [0.2, 0.25) is 11.8 Å². The van der Waals surface area contributed by atoms with Crippen LogP contribution in [0.1, 0.15) is 26.3 Å². The van der Waals surface area contributed by atoms with E-state index in [0.717, 1.165) is 10.5 Å². The summed E-state index contributed by atoms with van der Waals surface area (Å²) in [6, 6.07) is 13.4. The lowest BCUT2D eigenvalue weighted by molar-refractivity contribution is -0.134. The number of morpholine rings is 1. The Morgan fingerprint density at radius 1 is 0.900 bits per heavy atom. The monoisotopic (exact) mass is 407 g/mol. The predicted molar refractivity (Wildman–Crippen MR) is 108 cm³/mol. The zero-order valence-electron chi connectivity index (χ0n) is 16.3. The van der Waals surface area contributed by atoms with Gasteiger partial charge in [0.15, 0.2) is 0 Å². The summed E-state index contributed by atoms with van der Waals surface area (Å²) in [6.07, 6.45) is 0.281. The van der Waals surface area contributed by atoms with Gasteiger partial charge in [0, 0.05) is 18.8 Å². The molecule has 4 amide bonds. The number of hydrogen-bond donors (Lipinski definition) is 1. The second-order valence-corrected chi connectivity index (χ2v) is 7.16. The molecule has 0 unspecified atom stereocenters. The molecule has 30 heavy (non-hydrogen) atoms. The van der Waals surface area contributed by atoms with Crippen molar-refractivity contribution in [2.75, 3.05) is 38.2 Å². The first-order chi connectivity index (χ1) is 14.5. The highest BCUT2D eigenvalue weighted by Gasteiger charge is 2.36. The molecule has 0 atom stereocenters. The van der Waals surface area contributed by atoms with E-state index in [1.165, 1.54) is 0 Å². The highest BCUT2D eigenvalue weighted by atomic mass is 16.5. The van der Waals surface area contributed by atoms with Gasteiger partial charge >= 0.3 is 0 Å². The zero-order valence-corrected chi connectivity index (χ0v) is 16.3. The maximum absolute atomic E-state index is 12.4. The van der Waals surface area contributed by atoms with E-state index in [-0.39, 0.29) is 18.9 Å². The summed E-state index contributed by atoms with van der Waals surface area (Å²) in [6.45, 7) is 1.97. The number of nitrogens with one attached hydrogen (secondary N) is 1. The highest BCUT2D eigenvalue weighted by Crippen LogP contribution is 2.22. The Kier molecular flexibility index (Phi) is 5.58. The summed E-state index contributed by atoms with van der Waals surface area (Å²) in [5.74, 6) is -1.37. The smallest absolute Gasteiger partial charge is 0.262 e. The van der Waals surface area contributed by atoms with Crippen molar-refractivity contribution >= 4 is 29.3 Å². The van der Waals surface area contributed by atoms with Crippen LogP contribution in [-0.4, -0.2) is 66.3 Å².